The maximum atomic E-state index is 12.0. The minimum absolute atomic E-state index is 0. The topological polar surface area (TPSA) is 71.8 Å². The molecular formula is C12H16ClN5O. The number of carbonyl (C=O) groups is 1. The van der Waals surface area contributed by atoms with Crippen LogP contribution >= 0.6 is 12.4 Å². The van der Waals surface area contributed by atoms with Gasteiger partial charge in [0.2, 0.25) is 0 Å². The van der Waals surface area contributed by atoms with Crippen molar-refractivity contribution in [2.24, 2.45) is 0 Å². The number of benzene rings is 1. The quantitative estimate of drug-likeness (QED) is 0.789. The Balaban J connectivity index is 0.00000180. The van der Waals surface area contributed by atoms with Crippen molar-refractivity contribution in [3.8, 4) is 5.69 Å². The lowest BCUT2D eigenvalue weighted by molar-refractivity contribution is 0.0954. The van der Waals surface area contributed by atoms with Crippen LogP contribution in [-0.4, -0.2) is 41.0 Å². The predicted octanol–water partition coefficient (Wildman–Crippen LogP) is 0.638. The summed E-state index contributed by atoms with van der Waals surface area (Å²) in [6.45, 7) is 1.31. The van der Waals surface area contributed by atoms with Gasteiger partial charge in [-0.3, -0.25) is 4.79 Å². The van der Waals surface area contributed by atoms with Crippen molar-refractivity contribution in [1.82, 2.24) is 25.6 Å². The van der Waals surface area contributed by atoms with E-state index in [-0.39, 0.29) is 18.3 Å². The lowest BCUT2D eigenvalue weighted by atomic mass is 10.1. The summed E-state index contributed by atoms with van der Waals surface area (Å²) in [6.07, 6.45) is 3.16. The minimum Gasteiger partial charge on any atom is -0.351 e. The van der Waals surface area contributed by atoms with Gasteiger partial charge in [0.05, 0.1) is 23.6 Å². The van der Waals surface area contributed by atoms with Gasteiger partial charge in [-0.05, 0) is 19.2 Å². The molecule has 0 aliphatic heterocycles. The van der Waals surface area contributed by atoms with Crippen LogP contribution in [0.2, 0.25) is 0 Å². The summed E-state index contributed by atoms with van der Waals surface area (Å²) in [4.78, 5) is 13.5. The molecule has 0 unspecified atom stereocenters. The third-order valence-corrected chi connectivity index (χ3v) is 2.44. The van der Waals surface area contributed by atoms with Crippen LogP contribution in [0.15, 0.2) is 36.7 Å². The van der Waals surface area contributed by atoms with Crippen molar-refractivity contribution in [3.63, 3.8) is 0 Å². The molecule has 6 nitrogen and oxygen atoms in total. The number of amides is 1. The molecule has 0 spiro atoms. The summed E-state index contributed by atoms with van der Waals surface area (Å²) in [5.74, 6) is -0.127. The maximum absolute atomic E-state index is 12.0. The van der Waals surface area contributed by atoms with Gasteiger partial charge in [-0.1, -0.05) is 12.1 Å². The van der Waals surface area contributed by atoms with Crippen molar-refractivity contribution in [2.75, 3.05) is 20.1 Å². The van der Waals surface area contributed by atoms with Crippen LogP contribution < -0.4 is 10.6 Å². The third-order valence-electron chi connectivity index (χ3n) is 2.44. The summed E-state index contributed by atoms with van der Waals surface area (Å²) in [5, 5.41) is 13.9. The van der Waals surface area contributed by atoms with Crippen LogP contribution in [0.4, 0.5) is 0 Å². The first-order valence-electron chi connectivity index (χ1n) is 5.71. The Hall–Kier alpha value is -1.92. The largest absolute Gasteiger partial charge is 0.351 e. The minimum atomic E-state index is -0.127. The molecular weight excluding hydrogens is 266 g/mol. The number of para-hydroxylation sites is 1. The van der Waals surface area contributed by atoms with E-state index >= 15 is 0 Å². The van der Waals surface area contributed by atoms with Crippen LogP contribution in [0.25, 0.3) is 5.69 Å². The Morgan fingerprint density at radius 1 is 1.21 bits per heavy atom. The Morgan fingerprint density at radius 2 is 1.89 bits per heavy atom. The van der Waals surface area contributed by atoms with Gasteiger partial charge in [-0.15, -0.1) is 12.4 Å². The number of hydrogen-bond acceptors (Lipinski definition) is 4. The first kappa shape index (κ1) is 15.1. The van der Waals surface area contributed by atoms with Crippen molar-refractivity contribution in [3.05, 3.63) is 42.2 Å². The number of carbonyl (C=O) groups excluding carboxylic acids is 1. The molecule has 7 heteroatoms. The van der Waals surface area contributed by atoms with E-state index in [2.05, 4.69) is 20.8 Å². The van der Waals surface area contributed by atoms with E-state index in [1.165, 1.54) is 4.80 Å². The normalized spacial score (nSPS) is 9.74. The van der Waals surface area contributed by atoms with Gasteiger partial charge in [-0.25, -0.2) is 0 Å². The molecule has 1 heterocycles. The molecule has 0 fully saturated rings. The fraction of sp³-hybridized carbons (Fsp3) is 0.250. The molecule has 0 aliphatic carbocycles. The van der Waals surface area contributed by atoms with Gasteiger partial charge in [0.1, 0.15) is 0 Å². The second-order valence-corrected chi connectivity index (χ2v) is 3.70. The number of likely N-dealkylation sites (N-methyl/N-ethyl adjacent to an activating group) is 1. The number of nitrogens with one attached hydrogen (secondary N) is 2. The SMILES string of the molecule is CNCCNC(=O)c1ccccc1-n1nccn1.Cl. The van der Waals surface area contributed by atoms with E-state index in [9.17, 15) is 4.79 Å². The van der Waals surface area contributed by atoms with Crippen molar-refractivity contribution in [1.29, 1.82) is 0 Å². The Bertz CT molecular complexity index is 515. The Morgan fingerprint density at radius 3 is 2.58 bits per heavy atom. The van der Waals surface area contributed by atoms with Crippen LogP contribution in [-0.2, 0) is 0 Å². The van der Waals surface area contributed by atoms with Crippen molar-refractivity contribution < 1.29 is 4.79 Å². The van der Waals surface area contributed by atoms with Gasteiger partial charge in [0.15, 0.2) is 0 Å². The molecule has 102 valence electrons. The fourth-order valence-electron chi connectivity index (χ4n) is 1.58. The molecule has 0 radical (unpaired) electrons. The van der Waals surface area contributed by atoms with E-state index in [1.54, 1.807) is 18.5 Å². The fourth-order valence-corrected chi connectivity index (χ4v) is 1.58. The second-order valence-electron chi connectivity index (χ2n) is 3.70. The highest BCUT2D eigenvalue weighted by molar-refractivity contribution is 5.97. The van der Waals surface area contributed by atoms with Gasteiger partial charge < -0.3 is 10.6 Å². The molecule has 2 rings (SSSR count). The molecule has 0 aliphatic rings. The van der Waals surface area contributed by atoms with Crippen molar-refractivity contribution in [2.45, 2.75) is 0 Å². The van der Waals surface area contributed by atoms with E-state index in [4.69, 9.17) is 0 Å². The number of rotatable bonds is 5. The van der Waals surface area contributed by atoms with Gasteiger partial charge in [-0.2, -0.15) is 15.0 Å². The number of nitrogens with zero attached hydrogens (tertiary/aromatic N) is 3. The molecule has 19 heavy (non-hydrogen) atoms. The Labute approximate surface area is 117 Å². The lowest BCUT2D eigenvalue weighted by Crippen LogP contribution is -2.31. The van der Waals surface area contributed by atoms with E-state index in [1.807, 2.05) is 25.2 Å². The van der Waals surface area contributed by atoms with E-state index in [0.29, 0.717) is 17.8 Å². The summed E-state index contributed by atoms with van der Waals surface area (Å²) in [5.41, 5.74) is 1.23. The molecule has 1 amide bonds. The number of halogens is 1. The molecule has 1 aromatic heterocycles. The lowest BCUT2D eigenvalue weighted by Gasteiger charge is -2.08. The van der Waals surface area contributed by atoms with Gasteiger partial charge >= 0.3 is 0 Å². The smallest absolute Gasteiger partial charge is 0.253 e. The molecule has 0 saturated heterocycles. The average Bonchev–Trinajstić information content (AvgIpc) is 2.93. The highest BCUT2D eigenvalue weighted by atomic mass is 35.5. The van der Waals surface area contributed by atoms with Crippen LogP contribution in [0.1, 0.15) is 10.4 Å². The first-order chi connectivity index (χ1) is 8.83. The average molecular weight is 282 g/mol. The van der Waals surface area contributed by atoms with Crippen LogP contribution in [0.5, 0.6) is 0 Å². The zero-order valence-electron chi connectivity index (χ0n) is 10.5. The van der Waals surface area contributed by atoms with Gasteiger partial charge in [0.25, 0.3) is 5.91 Å². The third kappa shape index (κ3) is 3.77. The summed E-state index contributed by atoms with van der Waals surface area (Å²) >= 11 is 0. The van der Waals surface area contributed by atoms with Crippen LogP contribution in [0.3, 0.4) is 0 Å². The molecule has 2 N–H and O–H groups in total. The summed E-state index contributed by atoms with van der Waals surface area (Å²) < 4.78 is 0. The monoisotopic (exact) mass is 281 g/mol. The molecule has 0 atom stereocenters. The standard InChI is InChI=1S/C12H15N5O.ClH/c1-13-6-7-14-12(18)10-4-2-3-5-11(10)17-15-8-9-16-17;/h2-5,8-9,13H,6-7H2,1H3,(H,14,18);1H. The molecule has 0 bridgehead atoms. The highest BCUT2D eigenvalue weighted by Crippen LogP contribution is 2.11. The van der Waals surface area contributed by atoms with Crippen molar-refractivity contribution >= 4 is 18.3 Å². The zero-order chi connectivity index (χ0) is 12.8. The number of aromatic nitrogens is 3. The van der Waals surface area contributed by atoms with E-state index in [0.717, 1.165) is 6.54 Å². The summed E-state index contributed by atoms with van der Waals surface area (Å²) in [7, 11) is 1.84. The molecule has 1 aromatic carbocycles. The maximum Gasteiger partial charge on any atom is 0.253 e. The van der Waals surface area contributed by atoms with E-state index < -0.39 is 0 Å². The number of hydrogen-bond donors (Lipinski definition) is 2. The highest BCUT2D eigenvalue weighted by Gasteiger charge is 2.12. The predicted molar refractivity (Wildman–Crippen MR) is 74.9 cm³/mol. The molecule has 2 aromatic rings. The van der Waals surface area contributed by atoms with Gasteiger partial charge in [0, 0.05) is 13.1 Å². The molecule has 0 saturated carbocycles. The zero-order valence-corrected chi connectivity index (χ0v) is 11.4. The second kappa shape index (κ2) is 7.50. The summed E-state index contributed by atoms with van der Waals surface area (Å²) in [6, 6.07) is 7.24. The first-order valence-corrected chi connectivity index (χ1v) is 5.71. The van der Waals surface area contributed by atoms with Crippen LogP contribution in [0, 0.1) is 0 Å². The Kier molecular flexibility index (Phi) is 5.98.